The van der Waals surface area contributed by atoms with Crippen molar-refractivity contribution in [3.63, 3.8) is 0 Å². The minimum Gasteiger partial charge on any atom is -0.361 e. The van der Waals surface area contributed by atoms with Crippen LogP contribution < -0.4 is 11.1 Å². The normalized spacial score (nSPS) is 22.2. The molecular formula is C15H19N3O. The van der Waals surface area contributed by atoms with E-state index in [0.29, 0.717) is 6.54 Å². The van der Waals surface area contributed by atoms with Crippen LogP contribution in [-0.2, 0) is 11.2 Å². The number of carbonyl (C=O) groups is 1. The molecular weight excluding hydrogens is 238 g/mol. The molecule has 1 amide bonds. The molecule has 1 saturated carbocycles. The number of aromatic amines is 1. The standard InChI is InChI=1S/C15H19N3O/c16-12-7-11(8-12)15(19)17-6-5-10-9-18-14-4-2-1-3-13(10)14/h1-4,9,11-12,18H,5-8,16H2,(H,17,19). The second-order valence-electron chi connectivity index (χ2n) is 5.33. The number of amides is 1. The van der Waals surface area contributed by atoms with Crippen molar-refractivity contribution in [2.75, 3.05) is 6.54 Å². The van der Waals surface area contributed by atoms with Crippen LogP contribution in [0.2, 0.25) is 0 Å². The Balaban J connectivity index is 1.53. The van der Waals surface area contributed by atoms with Crippen LogP contribution >= 0.6 is 0 Å². The van der Waals surface area contributed by atoms with Gasteiger partial charge in [-0.1, -0.05) is 18.2 Å². The monoisotopic (exact) mass is 257 g/mol. The van der Waals surface area contributed by atoms with Crippen molar-refractivity contribution in [1.82, 2.24) is 10.3 Å². The Morgan fingerprint density at radius 2 is 2.16 bits per heavy atom. The predicted molar refractivity (Wildman–Crippen MR) is 75.7 cm³/mol. The Kier molecular flexibility index (Phi) is 3.25. The van der Waals surface area contributed by atoms with Gasteiger partial charge < -0.3 is 16.0 Å². The zero-order valence-electron chi connectivity index (χ0n) is 10.9. The maximum atomic E-state index is 11.8. The minimum atomic E-state index is 0.137. The van der Waals surface area contributed by atoms with Crippen LogP contribution in [0.3, 0.4) is 0 Å². The average molecular weight is 257 g/mol. The van der Waals surface area contributed by atoms with E-state index < -0.39 is 0 Å². The van der Waals surface area contributed by atoms with Gasteiger partial charge in [0.1, 0.15) is 0 Å². The molecule has 0 saturated heterocycles. The van der Waals surface area contributed by atoms with Crippen molar-refractivity contribution >= 4 is 16.8 Å². The van der Waals surface area contributed by atoms with Crippen LogP contribution in [0.1, 0.15) is 18.4 Å². The summed E-state index contributed by atoms with van der Waals surface area (Å²) in [6.07, 6.45) is 4.54. The first kappa shape index (κ1) is 12.2. The van der Waals surface area contributed by atoms with Crippen molar-refractivity contribution in [3.05, 3.63) is 36.0 Å². The Hall–Kier alpha value is -1.81. The van der Waals surface area contributed by atoms with Gasteiger partial charge in [0.2, 0.25) is 5.91 Å². The van der Waals surface area contributed by atoms with Crippen molar-refractivity contribution in [1.29, 1.82) is 0 Å². The van der Waals surface area contributed by atoms with Gasteiger partial charge in [-0.3, -0.25) is 4.79 Å². The fourth-order valence-electron chi connectivity index (χ4n) is 2.68. The summed E-state index contributed by atoms with van der Waals surface area (Å²) < 4.78 is 0. The van der Waals surface area contributed by atoms with Crippen LogP contribution in [-0.4, -0.2) is 23.5 Å². The van der Waals surface area contributed by atoms with E-state index in [9.17, 15) is 4.79 Å². The van der Waals surface area contributed by atoms with Crippen molar-refractivity contribution in [2.45, 2.75) is 25.3 Å². The summed E-state index contributed by atoms with van der Waals surface area (Å²) in [5.41, 5.74) is 8.09. The van der Waals surface area contributed by atoms with E-state index >= 15 is 0 Å². The highest BCUT2D eigenvalue weighted by molar-refractivity contribution is 5.83. The van der Waals surface area contributed by atoms with Crippen LogP contribution in [0.5, 0.6) is 0 Å². The third kappa shape index (κ3) is 2.49. The number of hydrogen-bond acceptors (Lipinski definition) is 2. The lowest BCUT2D eigenvalue weighted by molar-refractivity contribution is -0.127. The Bertz CT molecular complexity index is 584. The number of aromatic nitrogens is 1. The number of benzene rings is 1. The van der Waals surface area contributed by atoms with E-state index in [1.165, 1.54) is 10.9 Å². The number of H-pyrrole nitrogens is 1. The van der Waals surface area contributed by atoms with Gasteiger partial charge >= 0.3 is 0 Å². The van der Waals surface area contributed by atoms with Crippen LogP contribution in [0.4, 0.5) is 0 Å². The number of fused-ring (bicyclic) bond motifs is 1. The maximum Gasteiger partial charge on any atom is 0.223 e. The number of nitrogens with one attached hydrogen (secondary N) is 2. The van der Waals surface area contributed by atoms with E-state index in [1.807, 2.05) is 18.3 Å². The van der Waals surface area contributed by atoms with Crippen molar-refractivity contribution < 1.29 is 4.79 Å². The Morgan fingerprint density at radius 1 is 1.37 bits per heavy atom. The number of nitrogens with two attached hydrogens (primary N) is 1. The molecule has 100 valence electrons. The molecule has 0 radical (unpaired) electrons. The van der Waals surface area contributed by atoms with Gasteiger partial charge in [0, 0.05) is 35.6 Å². The van der Waals surface area contributed by atoms with E-state index in [2.05, 4.69) is 22.4 Å². The van der Waals surface area contributed by atoms with Gasteiger partial charge in [0.05, 0.1) is 0 Å². The molecule has 1 fully saturated rings. The second kappa shape index (κ2) is 5.05. The highest BCUT2D eigenvalue weighted by Crippen LogP contribution is 2.25. The molecule has 1 heterocycles. The highest BCUT2D eigenvalue weighted by Gasteiger charge is 2.31. The molecule has 1 aliphatic rings. The van der Waals surface area contributed by atoms with Crippen LogP contribution in [0.25, 0.3) is 10.9 Å². The third-order valence-corrected chi connectivity index (χ3v) is 3.91. The molecule has 4 heteroatoms. The zero-order chi connectivity index (χ0) is 13.2. The molecule has 2 aromatic rings. The maximum absolute atomic E-state index is 11.8. The summed E-state index contributed by atoms with van der Waals surface area (Å²) in [6, 6.07) is 8.45. The lowest BCUT2D eigenvalue weighted by Gasteiger charge is -2.31. The number of rotatable bonds is 4. The summed E-state index contributed by atoms with van der Waals surface area (Å²) in [6.45, 7) is 0.687. The summed E-state index contributed by atoms with van der Waals surface area (Å²) in [5, 5.41) is 4.24. The fraction of sp³-hybridized carbons (Fsp3) is 0.400. The summed E-state index contributed by atoms with van der Waals surface area (Å²) in [7, 11) is 0. The molecule has 1 aromatic carbocycles. The van der Waals surface area contributed by atoms with E-state index in [0.717, 1.165) is 24.8 Å². The lowest BCUT2D eigenvalue weighted by atomic mass is 9.80. The molecule has 1 aromatic heterocycles. The largest absolute Gasteiger partial charge is 0.361 e. The van der Waals surface area contributed by atoms with Gasteiger partial charge in [-0.2, -0.15) is 0 Å². The molecule has 19 heavy (non-hydrogen) atoms. The minimum absolute atomic E-state index is 0.137. The smallest absolute Gasteiger partial charge is 0.223 e. The van der Waals surface area contributed by atoms with Crippen LogP contribution in [0, 0.1) is 5.92 Å². The molecule has 4 nitrogen and oxygen atoms in total. The van der Waals surface area contributed by atoms with E-state index in [1.54, 1.807) is 0 Å². The van der Waals surface area contributed by atoms with Crippen molar-refractivity contribution in [3.8, 4) is 0 Å². The molecule has 0 aliphatic heterocycles. The number of hydrogen-bond donors (Lipinski definition) is 3. The van der Waals surface area contributed by atoms with Gasteiger partial charge in [-0.15, -0.1) is 0 Å². The van der Waals surface area contributed by atoms with Crippen molar-refractivity contribution in [2.24, 2.45) is 11.7 Å². The SMILES string of the molecule is NC1CC(C(=O)NCCc2c[nH]c3ccccc23)C1. The van der Waals surface area contributed by atoms with Crippen LogP contribution in [0.15, 0.2) is 30.5 Å². The third-order valence-electron chi connectivity index (χ3n) is 3.91. The number of carbonyl (C=O) groups excluding carboxylic acids is 1. The first-order valence-electron chi connectivity index (χ1n) is 6.82. The fourth-order valence-corrected chi connectivity index (χ4v) is 2.68. The lowest BCUT2D eigenvalue weighted by Crippen LogP contribution is -2.45. The Labute approximate surface area is 112 Å². The second-order valence-corrected chi connectivity index (χ2v) is 5.33. The van der Waals surface area contributed by atoms with E-state index in [4.69, 9.17) is 5.73 Å². The molecule has 3 rings (SSSR count). The quantitative estimate of drug-likeness (QED) is 0.778. The van der Waals surface area contributed by atoms with Gasteiger partial charge in [-0.25, -0.2) is 0 Å². The first-order chi connectivity index (χ1) is 9.24. The Morgan fingerprint density at radius 3 is 2.95 bits per heavy atom. The highest BCUT2D eigenvalue weighted by atomic mass is 16.1. The first-order valence-corrected chi connectivity index (χ1v) is 6.82. The topological polar surface area (TPSA) is 70.9 Å². The molecule has 0 atom stereocenters. The zero-order valence-corrected chi connectivity index (χ0v) is 10.9. The summed E-state index contributed by atoms with van der Waals surface area (Å²) in [4.78, 5) is 15.0. The number of para-hydroxylation sites is 1. The van der Waals surface area contributed by atoms with Gasteiger partial charge in [0.25, 0.3) is 0 Å². The molecule has 0 spiro atoms. The molecule has 1 aliphatic carbocycles. The molecule has 0 bridgehead atoms. The molecule has 4 N–H and O–H groups in total. The average Bonchev–Trinajstić information content (AvgIpc) is 2.79. The predicted octanol–water partition coefficient (Wildman–Crippen LogP) is 1.56. The van der Waals surface area contributed by atoms with E-state index in [-0.39, 0.29) is 17.9 Å². The molecule has 0 unspecified atom stereocenters. The summed E-state index contributed by atoms with van der Waals surface area (Å²) >= 11 is 0. The van der Waals surface area contributed by atoms with Gasteiger partial charge in [0.15, 0.2) is 0 Å². The van der Waals surface area contributed by atoms with Gasteiger partial charge in [-0.05, 0) is 30.9 Å². The summed E-state index contributed by atoms with van der Waals surface area (Å²) in [5.74, 6) is 0.291.